The second-order valence-corrected chi connectivity index (χ2v) is 6.22. The SMILES string of the molecule is O=C(O)c1cc(N2CCC(N3CCCCC3)C2)ncc1Cl. The fourth-order valence-electron chi connectivity index (χ4n) is 3.30. The molecule has 1 aromatic rings. The highest BCUT2D eigenvalue weighted by Gasteiger charge is 2.29. The zero-order chi connectivity index (χ0) is 14.8. The third-order valence-electron chi connectivity index (χ3n) is 4.47. The molecule has 3 heterocycles. The van der Waals surface area contributed by atoms with Crippen LogP contribution in [-0.4, -0.2) is 53.2 Å². The number of carboxylic acids is 1. The molecule has 2 aliphatic heterocycles. The molecule has 21 heavy (non-hydrogen) atoms. The van der Waals surface area contributed by atoms with Gasteiger partial charge in [-0.15, -0.1) is 0 Å². The average Bonchev–Trinajstić information content (AvgIpc) is 2.98. The number of carbonyl (C=O) groups is 1. The summed E-state index contributed by atoms with van der Waals surface area (Å²) in [6.45, 7) is 4.22. The van der Waals surface area contributed by atoms with E-state index >= 15 is 0 Å². The number of aromatic carboxylic acids is 1. The number of anilines is 1. The van der Waals surface area contributed by atoms with Crippen LogP contribution < -0.4 is 4.90 Å². The molecule has 1 aromatic heterocycles. The van der Waals surface area contributed by atoms with E-state index < -0.39 is 5.97 Å². The van der Waals surface area contributed by atoms with E-state index in [-0.39, 0.29) is 10.6 Å². The number of aromatic nitrogens is 1. The summed E-state index contributed by atoms with van der Waals surface area (Å²) < 4.78 is 0. The zero-order valence-electron chi connectivity index (χ0n) is 12.0. The minimum Gasteiger partial charge on any atom is -0.478 e. The Morgan fingerprint density at radius 3 is 2.76 bits per heavy atom. The number of pyridine rings is 1. The van der Waals surface area contributed by atoms with Crippen LogP contribution in [0.5, 0.6) is 0 Å². The molecule has 0 amide bonds. The van der Waals surface area contributed by atoms with Gasteiger partial charge in [-0.1, -0.05) is 18.0 Å². The van der Waals surface area contributed by atoms with Crippen molar-refractivity contribution in [2.75, 3.05) is 31.1 Å². The molecular formula is C15H20ClN3O2. The summed E-state index contributed by atoms with van der Waals surface area (Å²) >= 11 is 5.88. The summed E-state index contributed by atoms with van der Waals surface area (Å²) in [7, 11) is 0. The van der Waals surface area contributed by atoms with Crippen LogP contribution in [-0.2, 0) is 0 Å². The van der Waals surface area contributed by atoms with Crippen LogP contribution >= 0.6 is 11.6 Å². The molecule has 0 aromatic carbocycles. The fraction of sp³-hybridized carbons (Fsp3) is 0.600. The highest BCUT2D eigenvalue weighted by atomic mass is 35.5. The largest absolute Gasteiger partial charge is 0.478 e. The van der Waals surface area contributed by atoms with Crippen molar-refractivity contribution in [2.45, 2.75) is 31.7 Å². The number of rotatable bonds is 3. The monoisotopic (exact) mass is 309 g/mol. The molecule has 6 heteroatoms. The maximum Gasteiger partial charge on any atom is 0.337 e. The van der Waals surface area contributed by atoms with Crippen LogP contribution in [0.4, 0.5) is 5.82 Å². The lowest BCUT2D eigenvalue weighted by Gasteiger charge is -2.32. The first-order chi connectivity index (χ1) is 10.1. The van der Waals surface area contributed by atoms with E-state index in [1.54, 1.807) is 6.07 Å². The summed E-state index contributed by atoms with van der Waals surface area (Å²) in [6, 6.07) is 2.15. The molecule has 0 radical (unpaired) electrons. The van der Waals surface area contributed by atoms with Crippen LogP contribution in [0.2, 0.25) is 5.02 Å². The molecule has 2 saturated heterocycles. The van der Waals surface area contributed by atoms with E-state index in [2.05, 4.69) is 14.8 Å². The van der Waals surface area contributed by atoms with E-state index in [4.69, 9.17) is 16.7 Å². The molecule has 1 atom stereocenters. The summed E-state index contributed by atoms with van der Waals surface area (Å²) in [6.07, 6.45) is 6.48. The molecular weight excluding hydrogens is 290 g/mol. The van der Waals surface area contributed by atoms with Crippen molar-refractivity contribution >= 4 is 23.4 Å². The summed E-state index contributed by atoms with van der Waals surface area (Å²) in [5, 5.41) is 9.34. The summed E-state index contributed by atoms with van der Waals surface area (Å²) in [5.74, 6) is -0.285. The molecule has 2 fully saturated rings. The van der Waals surface area contributed by atoms with E-state index in [0.717, 1.165) is 25.3 Å². The van der Waals surface area contributed by atoms with E-state index in [0.29, 0.717) is 6.04 Å². The van der Waals surface area contributed by atoms with Gasteiger partial charge < -0.3 is 10.0 Å². The second kappa shape index (κ2) is 6.20. The Kier molecular flexibility index (Phi) is 4.31. The van der Waals surface area contributed by atoms with Gasteiger partial charge in [0.15, 0.2) is 0 Å². The first kappa shape index (κ1) is 14.6. The quantitative estimate of drug-likeness (QED) is 0.929. The molecule has 1 N–H and O–H groups in total. The van der Waals surface area contributed by atoms with Crippen LogP contribution in [0, 0.1) is 0 Å². The maximum absolute atomic E-state index is 11.2. The number of piperidine rings is 1. The zero-order valence-corrected chi connectivity index (χ0v) is 12.7. The maximum atomic E-state index is 11.2. The Bertz CT molecular complexity index is 532. The predicted octanol–water partition coefficient (Wildman–Crippen LogP) is 2.50. The normalized spacial score (nSPS) is 23.5. The Morgan fingerprint density at radius 2 is 2.05 bits per heavy atom. The van der Waals surface area contributed by atoms with Crippen LogP contribution in [0.25, 0.3) is 0 Å². The number of halogens is 1. The van der Waals surface area contributed by atoms with Crippen molar-refractivity contribution in [1.29, 1.82) is 0 Å². The van der Waals surface area contributed by atoms with Crippen molar-refractivity contribution in [1.82, 2.24) is 9.88 Å². The van der Waals surface area contributed by atoms with Crippen molar-refractivity contribution < 1.29 is 9.90 Å². The van der Waals surface area contributed by atoms with E-state index in [1.807, 2.05) is 0 Å². The smallest absolute Gasteiger partial charge is 0.337 e. The first-order valence-corrected chi connectivity index (χ1v) is 7.91. The van der Waals surface area contributed by atoms with Gasteiger partial charge in [0.05, 0.1) is 10.6 Å². The third kappa shape index (κ3) is 3.14. The van der Waals surface area contributed by atoms with Crippen molar-refractivity contribution in [3.05, 3.63) is 22.8 Å². The Labute approximate surface area is 129 Å². The standard InChI is InChI=1S/C15H20ClN3O2/c16-13-9-17-14(8-12(13)15(20)21)19-7-4-11(10-19)18-5-2-1-3-6-18/h8-9,11H,1-7,10H2,(H,20,21). The minimum absolute atomic E-state index is 0.128. The Balaban J connectivity index is 1.71. The number of likely N-dealkylation sites (tertiary alicyclic amines) is 1. The second-order valence-electron chi connectivity index (χ2n) is 5.81. The van der Waals surface area contributed by atoms with Gasteiger partial charge in [0.2, 0.25) is 0 Å². The highest BCUT2D eigenvalue weighted by Crippen LogP contribution is 2.26. The number of hydrogen-bond donors (Lipinski definition) is 1. The molecule has 5 nitrogen and oxygen atoms in total. The predicted molar refractivity (Wildman–Crippen MR) is 82.2 cm³/mol. The number of carboxylic acid groups (broad SMARTS) is 1. The Morgan fingerprint density at radius 1 is 1.29 bits per heavy atom. The van der Waals surface area contributed by atoms with Gasteiger partial charge in [0.25, 0.3) is 0 Å². The molecule has 2 aliphatic rings. The van der Waals surface area contributed by atoms with Crippen LogP contribution in [0.3, 0.4) is 0 Å². The first-order valence-electron chi connectivity index (χ1n) is 7.53. The fourth-order valence-corrected chi connectivity index (χ4v) is 3.48. The molecule has 3 rings (SSSR count). The lowest BCUT2D eigenvalue weighted by atomic mass is 10.1. The van der Waals surface area contributed by atoms with Gasteiger partial charge in [-0.25, -0.2) is 9.78 Å². The van der Waals surface area contributed by atoms with Gasteiger partial charge in [0.1, 0.15) is 5.82 Å². The molecule has 0 saturated carbocycles. The molecule has 1 unspecified atom stereocenters. The number of nitrogens with zero attached hydrogens (tertiary/aromatic N) is 3. The molecule has 0 bridgehead atoms. The lowest BCUT2D eigenvalue weighted by molar-refractivity contribution is 0.0697. The van der Waals surface area contributed by atoms with Crippen LogP contribution in [0.15, 0.2) is 12.3 Å². The van der Waals surface area contributed by atoms with Gasteiger partial charge in [-0.2, -0.15) is 0 Å². The van der Waals surface area contributed by atoms with Crippen molar-refractivity contribution in [2.24, 2.45) is 0 Å². The lowest BCUT2D eigenvalue weighted by Crippen LogP contribution is -2.41. The van der Waals surface area contributed by atoms with Crippen molar-refractivity contribution in [3.63, 3.8) is 0 Å². The highest BCUT2D eigenvalue weighted by molar-refractivity contribution is 6.33. The summed E-state index contributed by atoms with van der Waals surface area (Å²) in [4.78, 5) is 20.2. The van der Waals surface area contributed by atoms with Gasteiger partial charge in [0, 0.05) is 25.3 Å². The molecule has 0 spiro atoms. The molecule has 114 valence electrons. The third-order valence-corrected chi connectivity index (χ3v) is 4.77. The summed E-state index contributed by atoms with van der Waals surface area (Å²) in [5.41, 5.74) is 0.128. The minimum atomic E-state index is -1.00. The van der Waals surface area contributed by atoms with Gasteiger partial charge in [-0.05, 0) is 38.4 Å². The van der Waals surface area contributed by atoms with Crippen LogP contribution in [0.1, 0.15) is 36.0 Å². The Hall–Kier alpha value is -1.33. The average molecular weight is 310 g/mol. The van der Waals surface area contributed by atoms with E-state index in [1.165, 1.54) is 38.5 Å². The van der Waals surface area contributed by atoms with Crippen molar-refractivity contribution in [3.8, 4) is 0 Å². The number of hydrogen-bond acceptors (Lipinski definition) is 4. The van der Waals surface area contributed by atoms with E-state index in [9.17, 15) is 4.79 Å². The van der Waals surface area contributed by atoms with Gasteiger partial charge >= 0.3 is 5.97 Å². The van der Waals surface area contributed by atoms with Gasteiger partial charge in [-0.3, -0.25) is 4.90 Å². The topological polar surface area (TPSA) is 56.7 Å². The molecule has 0 aliphatic carbocycles.